The molecule has 1 atom stereocenters. The lowest BCUT2D eigenvalue weighted by molar-refractivity contribution is -0.0517. The second-order valence-electron chi connectivity index (χ2n) is 6.35. The number of hydrogen-bond donors (Lipinski definition) is 1. The first-order valence-corrected chi connectivity index (χ1v) is 8.09. The number of methoxy groups -OCH3 is 1. The molecule has 1 aliphatic carbocycles. The zero-order valence-corrected chi connectivity index (χ0v) is 14.1. The first-order valence-electron chi connectivity index (χ1n) is 8.09. The van der Waals surface area contributed by atoms with Crippen LogP contribution >= 0.6 is 0 Å². The summed E-state index contributed by atoms with van der Waals surface area (Å²) in [5, 5.41) is 3.24. The zero-order valence-electron chi connectivity index (χ0n) is 14.1. The van der Waals surface area contributed by atoms with E-state index in [4.69, 9.17) is 14.7 Å². The minimum atomic E-state index is -0.265. The van der Waals surface area contributed by atoms with Gasteiger partial charge in [0.05, 0.1) is 0 Å². The van der Waals surface area contributed by atoms with Crippen LogP contribution in [0.4, 0.5) is 0 Å². The van der Waals surface area contributed by atoms with Gasteiger partial charge in [-0.25, -0.2) is 9.97 Å². The van der Waals surface area contributed by atoms with Gasteiger partial charge in [0.15, 0.2) is 5.82 Å². The smallest absolute Gasteiger partial charge is 0.160 e. The quantitative estimate of drug-likeness (QED) is 0.905. The maximum atomic E-state index is 5.89. The van der Waals surface area contributed by atoms with Crippen LogP contribution in [-0.2, 0) is 10.3 Å². The molecule has 0 aromatic carbocycles. The van der Waals surface area contributed by atoms with Crippen LogP contribution in [0.3, 0.4) is 0 Å². The molecular weight excluding hydrogens is 262 g/mol. The van der Waals surface area contributed by atoms with Crippen molar-refractivity contribution in [3.8, 4) is 0 Å². The number of aromatic nitrogens is 2. The summed E-state index contributed by atoms with van der Waals surface area (Å²) in [6, 6.07) is 0. The predicted molar refractivity (Wildman–Crippen MR) is 85.6 cm³/mol. The van der Waals surface area contributed by atoms with Crippen molar-refractivity contribution in [1.29, 1.82) is 0 Å². The fraction of sp³-hybridized carbons (Fsp3) is 0.765. The van der Waals surface area contributed by atoms with E-state index in [2.05, 4.69) is 26.1 Å². The lowest BCUT2D eigenvalue weighted by atomic mass is 9.83. The van der Waals surface area contributed by atoms with Gasteiger partial charge in [-0.2, -0.15) is 0 Å². The Morgan fingerprint density at radius 3 is 2.19 bits per heavy atom. The van der Waals surface area contributed by atoms with E-state index in [0.717, 1.165) is 36.6 Å². The van der Waals surface area contributed by atoms with Crippen molar-refractivity contribution < 1.29 is 4.74 Å². The van der Waals surface area contributed by atoms with Gasteiger partial charge in [-0.3, -0.25) is 0 Å². The number of hydrogen-bond acceptors (Lipinski definition) is 4. The molecule has 4 nitrogen and oxygen atoms in total. The van der Waals surface area contributed by atoms with Crippen LogP contribution in [0.1, 0.15) is 67.7 Å². The summed E-state index contributed by atoms with van der Waals surface area (Å²) >= 11 is 0. The minimum Gasteiger partial charge on any atom is -0.370 e. The molecule has 0 aliphatic heterocycles. The van der Waals surface area contributed by atoms with Crippen LogP contribution in [0.2, 0.25) is 0 Å². The Morgan fingerprint density at radius 2 is 1.71 bits per heavy atom. The topological polar surface area (TPSA) is 47.0 Å². The second-order valence-corrected chi connectivity index (χ2v) is 6.35. The van der Waals surface area contributed by atoms with Crippen LogP contribution in [0.15, 0.2) is 0 Å². The van der Waals surface area contributed by atoms with Crippen molar-refractivity contribution in [2.24, 2.45) is 0 Å². The summed E-state index contributed by atoms with van der Waals surface area (Å²) in [7, 11) is 3.79. The van der Waals surface area contributed by atoms with Crippen LogP contribution < -0.4 is 5.32 Å². The Balaban J connectivity index is 2.38. The number of nitrogens with zero attached hydrogens (tertiary/aromatic N) is 2. The first-order chi connectivity index (χ1) is 10.0. The van der Waals surface area contributed by atoms with Gasteiger partial charge in [-0.15, -0.1) is 0 Å². The highest BCUT2D eigenvalue weighted by atomic mass is 16.5. The fourth-order valence-electron chi connectivity index (χ4n) is 3.69. The van der Waals surface area contributed by atoms with Crippen molar-refractivity contribution in [2.45, 2.75) is 64.4 Å². The lowest BCUT2D eigenvalue weighted by Crippen LogP contribution is -2.34. The highest BCUT2D eigenvalue weighted by molar-refractivity contribution is 5.29. The SMILES string of the molecule is CNCC(C)c1c(C)nc(C2(OC)CCCCC2)nc1C. The molecule has 1 N–H and O–H groups in total. The van der Waals surface area contributed by atoms with Crippen molar-refractivity contribution in [1.82, 2.24) is 15.3 Å². The molecular formula is C17H29N3O. The summed E-state index contributed by atoms with van der Waals surface area (Å²) in [4.78, 5) is 9.68. The minimum absolute atomic E-state index is 0.265. The molecule has 0 radical (unpaired) electrons. The van der Waals surface area contributed by atoms with Gasteiger partial charge >= 0.3 is 0 Å². The molecule has 4 heteroatoms. The van der Waals surface area contributed by atoms with E-state index < -0.39 is 0 Å². The number of likely N-dealkylation sites (N-methyl/N-ethyl adjacent to an activating group) is 1. The number of nitrogens with one attached hydrogen (secondary N) is 1. The van der Waals surface area contributed by atoms with E-state index in [1.165, 1.54) is 24.8 Å². The van der Waals surface area contributed by atoms with Gasteiger partial charge in [-0.1, -0.05) is 26.2 Å². The average Bonchev–Trinajstić information content (AvgIpc) is 2.47. The van der Waals surface area contributed by atoms with E-state index in [0.29, 0.717) is 5.92 Å². The average molecular weight is 291 g/mol. The third kappa shape index (κ3) is 3.27. The molecule has 118 valence electrons. The van der Waals surface area contributed by atoms with Gasteiger partial charge in [0, 0.05) is 25.0 Å². The third-order valence-corrected chi connectivity index (χ3v) is 4.79. The predicted octanol–water partition coefficient (Wildman–Crippen LogP) is 3.22. The summed E-state index contributed by atoms with van der Waals surface area (Å²) in [6.07, 6.45) is 5.77. The molecule has 1 aliphatic rings. The van der Waals surface area contributed by atoms with Crippen LogP contribution in [-0.4, -0.2) is 30.7 Å². The van der Waals surface area contributed by atoms with E-state index in [9.17, 15) is 0 Å². The van der Waals surface area contributed by atoms with E-state index >= 15 is 0 Å². The highest BCUT2D eigenvalue weighted by Gasteiger charge is 2.37. The van der Waals surface area contributed by atoms with Crippen LogP contribution in [0.25, 0.3) is 0 Å². The molecule has 0 spiro atoms. The monoisotopic (exact) mass is 291 g/mol. The largest absolute Gasteiger partial charge is 0.370 e. The molecule has 1 unspecified atom stereocenters. The number of ether oxygens (including phenoxy) is 1. The summed E-state index contributed by atoms with van der Waals surface area (Å²) < 4.78 is 5.89. The summed E-state index contributed by atoms with van der Waals surface area (Å²) in [5.74, 6) is 1.31. The first kappa shape index (κ1) is 16.4. The molecule has 2 rings (SSSR count). The molecule has 0 amide bonds. The molecule has 0 bridgehead atoms. The standard InChI is InChI=1S/C17H29N3O/c1-12(11-18-4)15-13(2)19-16(20-14(15)3)17(21-5)9-7-6-8-10-17/h12,18H,6-11H2,1-5H3. The Labute approximate surface area is 128 Å². The normalized spacial score (nSPS) is 19.5. The molecule has 21 heavy (non-hydrogen) atoms. The summed E-state index contributed by atoms with van der Waals surface area (Å²) in [5.41, 5.74) is 3.21. The maximum absolute atomic E-state index is 5.89. The number of aryl methyl sites for hydroxylation is 2. The van der Waals surface area contributed by atoms with Crippen molar-refractivity contribution in [3.63, 3.8) is 0 Å². The van der Waals surface area contributed by atoms with Gasteiger partial charge in [0.1, 0.15) is 5.60 Å². The second kappa shape index (κ2) is 6.84. The van der Waals surface area contributed by atoms with Gasteiger partial charge in [0.2, 0.25) is 0 Å². The number of rotatable bonds is 5. The Morgan fingerprint density at radius 1 is 1.14 bits per heavy atom. The van der Waals surface area contributed by atoms with Crippen molar-refractivity contribution in [3.05, 3.63) is 22.8 Å². The van der Waals surface area contributed by atoms with Gasteiger partial charge in [0.25, 0.3) is 0 Å². The molecule has 1 heterocycles. The van der Waals surface area contributed by atoms with E-state index in [1.807, 2.05) is 7.05 Å². The van der Waals surface area contributed by atoms with E-state index in [-0.39, 0.29) is 5.60 Å². The van der Waals surface area contributed by atoms with Gasteiger partial charge in [-0.05, 0) is 45.2 Å². The van der Waals surface area contributed by atoms with Crippen molar-refractivity contribution in [2.75, 3.05) is 20.7 Å². The molecule has 1 fully saturated rings. The van der Waals surface area contributed by atoms with Crippen LogP contribution in [0.5, 0.6) is 0 Å². The maximum Gasteiger partial charge on any atom is 0.160 e. The molecule has 1 saturated carbocycles. The third-order valence-electron chi connectivity index (χ3n) is 4.79. The molecule has 1 aromatic rings. The summed E-state index contributed by atoms with van der Waals surface area (Å²) in [6.45, 7) is 7.37. The fourth-order valence-corrected chi connectivity index (χ4v) is 3.69. The van der Waals surface area contributed by atoms with Crippen molar-refractivity contribution >= 4 is 0 Å². The van der Waals surface area contributed by atoms with Gasteiger partial charge < -0.3 is 10.1 Å². The molecule has 1 aromatic heterocycles. The molecule has 0 saturated heterocycles. The Bertz CT molecular complexity index is 458. The Kier molecular flexibility index (Phi) is 5.33. The highest BCUT2D eigenvalue weighted by Crippen LogP contribution is 2.39. The van der Waals surface area contributed by atoms with E-state index in [1.54, 1.807) is 7.11 Å². The van der Waals surface area contributed by atoms with Crippen LogP contribution in [0, 0.1) is 13.8 Å². The zero-order chi connectivity index (χ0) is 15.5. The lowest BCUT2D eigenvalue weighted by Gasteiger charge is -2.35. The Hall–Kier alpha value is -1.00.